The number of ether oxygens (including phenoxy) is 1. The first kappa shape index (κ1) is 10.5. The molecule has 0 fully saturated rings. The van der Waals surface area contributed by atoms with E-state index in [9.17, 15) is 4.79 Å². The highest BCUT2D eigenvalue weighted by Crippen LogP contribution is 2.15. The lowest BCUT2D eigenvalue weighted by Crippen LogP contribution is -2.08. The minimum Gasteiger partial charge on any atom is -0.423 e. The fourth-order valence-electron chi connectivity index (χ4n) is 1.71. The largest absolute Gasteiger partial charge is 0.423 e. The van der Waals surface area contributed by atoms with E-state index in [-0.39, 0.29) is 5.97 Å². The van der Waals surface area contributed by atoms with E-state index in [1.165, 1.54) is 0 Å². The second kappa shape index (κ2) is 4.33. The van der Waals surface area contributed by atoms with Gasteiger partial charge in [0.25, 0.3) is 0 Å². The Balaban J connectivity index is 1.87. The summed E-state index contributed by atoms with van der Waals surface area (Å²) in [6.07, 6.45) is 1.59. The number of carbonyl (C=O) groups excluding carboxylic acids is 1. The number of hydrogen-bond acceptors (Lipinski definition) is 3. The Labute approximate surface area is 103 Å². The highest BCUT2D eigenvalue weighted by Gasteiger charge is 2.09. The number of para-hydroxylation sites is 1. The molecular formula is C14H10N2O2. The van der Waals surface area contributed by atoms with Crippen LogP contribution >= 0.6 is 0 Å². The number of esters is 1. The van der Waals surface area contributed by atoms with E-state index in [0.29, 0.717) is 11.3 Å². The number of nitrogens with zero attached hydrogens (tertiary/aromatic N) is 1. The first-order valence-corrected chi connectivity index (χ1v) is 5.53. The molecule has 88 valence electrons. The number of carbonyl (C=O) groups is 1. The minimum absolute atomic E-state index is 0.383. The molecule has 1 aromatic heterocycles. The van der Waals surface area contributed by atoms with Gasteiger partial charge in [-0.3, -0.25) is 0 Å². The van der Waals surface area contributed by atoms with Crippen molar-refractivity contribution in [3.05, 3.63) is 60.4 Å². The Hall–Kier alpha value is -2.62. The van der Waals surface area contributed by atoms with Crippen molar-refractivity contribution in [1.29, 1.82) is 0 Å². The number of nitrogens with one attached hydrogen (secondary N) is 1. The zero-order chi connectivity index (χ0) is 12.4. The topological polar surface area (TPSA) is 55.0 Å². The standard InChI is InChI=1S/C14H10N2O2/c17-14(18-11-4-2-1-3-5-11)10-6-7-12-13(8-10)16-9-15-12/h1-9H,(H,15,16). The second-order valence-corrected chi connectivity index (χ2v) is 3.84. The summed E-state index contributed by atoms with van der Waals surface area (Å²) in [6, 6.07) is 14.2. The molecule has 0 aliphatic heterocycles. The summed E-state index contributed by atoms with van der Waals surface area (Å²) < 4.78 is 5.25. The maximum atomic E-state index is 11.9. The van der Waals surface area contributed by atoms with Gasteiger partial charge in [-0.15, -0.1) is 0 Å². The Morgan fingerprint density at radius 3 is 2.78 bits per heavy atom. The van der Waals surface area contributed by atoms with Crippen LogP contribution < -0.4 is 4.74 Å². The highest BCUT2D eigenvalue weighted by atomic mass is 16.5. The molecule has 0 amide bonds. The van der Waals surface area contributed by atoms with Gasteiger partial charge in [0, 0.05) is 0 Å². The van der Waals surface area contributed by atoms with E-state index in [1.807, 2.05) is 24.3 Å². The smallest absolute Gasteiger partial charge is 0.343 e. The van der Waals surface area contributed by atoms with Crippen molar-refractivity contribution >= 4 is 17.0 Å². The van der Waals surface area contributed by atoms with Gasteiger partial charge in [-0.1, -0.05) is 18.2 Å². The van der Waals surface area contributed by atoms with Gasteiger partial charge in [-0.2, -0.15) is 0 Å². The van der Waals surface area contributed by atoms with Crippen molar-refractivity contribution in [2.24, 2.45) is 0 Å². The van der Waals surface area contributed by atoms with Crippen LogP contribution in [0.2, 0.25) is 0 Å². The van der Waals surface area contributed by atoms with E-state index in [1.54, 1.807) is 30.6 Å². The Kier molecular flexibility index (Phi) is 2.53. The monoisotopic (exact) mass is 238 g/mol. The van der Waals surface area contributed by atoms with Crippen LogP contribution in [0, 0.1) is 0 Å². The fourth-order valence-corrected chi connectivity index (χ4v) is 1.71. The maximum absolute atomic E-state index is 11.9. The van der Waals surface area contributed by atoms with E-state index in [4.69, 9.17) is 4.74 Å². The Morgan fingerprint density at radius 1 is 1.11 bits per heavy atom. The van der Waals surface area contributed by atoms with Crippen LogP contribution in [-0.2, 0) is 0 Å². The van der Waals surface area contributed by atoms with Crippen LogP contribution in [0.1, 0.15) is 10.4 Å². The van der Waals surface area contributed by atoms with E-state index >= 15 is 0 Å². The number of aromatic amines is 1. The second-order valence-electron chi connectivity index (χ2n) is 3.84. The number of fused-ring (bicyclic) bond motifs is 1. The van der Waals surface area contributed by atoms with Crippen LogP contribution in [0.25, 0.3) is 11.0 Å². The number of H-pyrrole nitrogens is 1. The predicted molar refractivity (Wildman–Crippen MR) is 67.5 cm³/mol. The normalized spacial score (nSPS) is 10.4. The summed E-state index contributed by atoms with van der Waals surface area (Å²) in [5.74, 6) is 0.149. The average molecular weight is 238 g/mol. The third kappa shape index (κ3) is 1.96. The summed E-state index contributed by atoms with van der Waals surface area (Å²) in [6.45, 7) is 0. The van der Waals surface area contributed by atoms with Crippen LogP contribution in [0.4, 0.5) is 0 Å². The molecule has 0 radical (unpaired) electrons. The molecule has 1 heterocycles. The van der Waals surface area contributed by atoms with Crippen molar-refractivity contribution in [3.8, 4) is 5.75 Å². The molecule has 2 aromatic carbocycles. The van der Waals surface area contributed by atoms with Gasteiger partial charge in [-0.05, 0) is 30.3 Å². The fraction of sp³-hybridized carbons (Fsp3) is 0. The number of aromatic nitrogens is 2. The van der Waals surface area contributed by atoms with Crippen LogP contribution in [0.5, 0.6) is 5.75 Å². The predicted octanol–water partition coefficient (Wildman–Crippen LogP) is 2.78. The number of imidazole rings is 1. The summed E-state index contributed by atoms with van der Waals surface area (Å²) in [5.41, 5.74) is 2.13. The van der Waals surface area contributed by atoms with E-state index in [0.717, 1.165) is 11.0 Å². The third-order valence-corrected chi connectivity index (χ3v) is 2.61. The van der Waals surface area contributed by atoms with Crippen molar-refractivity contribution in [2.45, 2.75) is 0 Å². The van der Waals surface area contributed by atoms with Crippen LogP contribution in [-0.4, -0.2) is 15.9 Å². The minimum atomic E-state index is -0.383. The van der Waals surface area contributed by atoms with Crippen molar-refractivity contribution in [3.63, 3.8) is 0 Å². The maximum Gasteiger partial charge on any atom is 0.343 e. The molecule has 0 spiro atoms. The number of hydrogen-bond donors (Lipinski definition) is 1. The number of benzene rings is 2. The van der Waals surface area contributed by atoms with Crippen LogP contribution in [0.3, 0.4) is 0 Å². The summed E-state index contributed by atoms with van der Waals surface area (Å²) in [5, 5.41) is 0. The average Bonchev–Trinajstić information content (AvgIpc) is 2.87. The lowest BCUT2D eigenvalue weighted by Gasteiger charge is -2.03. The molecule has 3 aromatic rings. The molecule has 0 saturated heterocycles. The highest BCUT2D eigenvalue weighted by molar-refractivity contribution is 5.94. The molecule has 1 N–H and O–H groups in total. The van der Waals surface area contributed by atoms with Gasteiger partial charge in [0.15, 0.2) is 0 Å². The van der Waals surface area contributed by atoms with Crippen molar-refractivity contribution in [2.75, 3.05) is 0 Å². The number of rotatable bonds is 2. The van der Waals surface area contributed by atoms with Crippen molar-refractivity contribution < 1.29 is 9.53 Å². The van der Waals surface area contributed by atoms with Crippen LogP contribution in [0.15, 0.2) is 54.9 Å². The molecule has 0 bridgehead atoms. The molecule has 0 aliphatic rings. The van der Waals surface area contributed by atoms with Crippen molar-refractivity contribution in [1.82, 2.24) is 9.97 Å². The first-order valence-electron chi connectivity index (χ1n) is 5.53. The molecule has 0 unspecified atom stereocenters. The Bertz CT molecular complexity index is 689. The molecule has 0 atom stereocenters. The lowest BCUT2D eigenvalue weighted by molar-refractivity contribution is 0.0735. The van der Waals surface area contributed by atoms with Gasteiger partial charge >= 0.3 is 5.97 Å². The summed E-state index contributed by atoms with van der Waals surface area (Å²) in [4.78, 5) is 19.0. The summed E-state index contributed by atoms with van der Waals surface area (Å²) in [7, 11) is 0. The lowest BCUT2D eigenvalue weighted by atomic mass is 10.2. The van der Waals surface area contributed by atoms with E-state index in [2.05, 4.69) is 9.97 Å². The quantitative estimate of drug-likeness (QED) is 0.551. The molecule has 3 rings (SSSR count). The van der Waals surface area contributed by atoms with Gasteiger partial charge in [-0.25, -0.2) is 9.78 Å². The third-order valence-electron chi connectivity index (χ3n) is 2.61. The zero-order valence-electron chi connectivity index (χ0n) is 9.46. The molecular weight excluding hydrogens is 228 g/mol. The molecule has 18 heavy (non-hydrogen) atoms. The van der Waals surface area contributed by atoms with Gasteiger partial charge < -0.3 is 9.72 Å². The van der Waals surface area contributed by atoms with Gasteiger partial charge in [0.1, 0.15) is 5.75 Å². The molecule has 4 nitrogen and oxygen atoms in total. The zero-order valence-corrected chi connectivity index (χ0v) is 9.46. The molecule has 0 aliphatic carbocycles. The first-order chi connectivity index (χ1) is 8.83. The van der Waals surface area contributed by atoms with E-state index < -0.39 is 0 Å². The SMILES string of the molecule is O=C(Oc1ccccc1)c1ccc2[nH]cnc2c1. The summed E-state index contributed by atoms with van der Waals surface area (Å²) >= 11 is 0. The van der Waals surface area contributed by atoms with Gasteiger partial charge in [0.2, 0.25) is 0 Å². The van der Waals surface area contributed by atoms with Gasteiger partial charge in [0.05, 0.1) is 22.9 Å². The Morgan fingerprint density at radius 2 is 1.94 bits per heavy atom. The molecule has 0 saturated carbocycles. The molecule has 4 heteroatoms.